The lowest BCUT2D eigenvalue weighted by Gasteiger charge is -2.31. The van der Waals surface area contributed by atoms with Gasteiger partial charge in [-0.1, -0.05) is 12.1 Å². The number of nitrogens with zero attached hydrogens (tertiary/aromatic N) is 1. The van der Waals surface area contributed by atoms with Gasteiger partial charge in [-0.25, -0.2) is 13.2 Å². The van der Waals surface area contributed by atoms with Crippen molar-refractivity contribution in [3.05, 3.63) is 35.4 Å². The Labute approximate surface area is 124 Å². The molecule has 21 heavy (non-hydrogen) atoms. The van der Waals surface area contributed by atoms with Crippen molar-refractivity contribution in [2.24, 2.45) is 0 Å². The van der Waals surface area contributed by atoms with Gasteiger partial charge in [0.15, 0.2) is 0 Å². The molecule has 0 bridgehead atoms. The number of methoxy groups -OCH3 is 1. The number of aromatic carboxylic acids is 1. The van der Waals surface area contributed by atoms with Crippen molar-refractivity contribution >= 4 is 16.0 Å². The second-order valence-corrected chi connectivity index (χ2v) is 7.09. The molecule has 1 N–H and O–H groups in total. The minimum atomic E-state index is -3.46. The predicted molar refractivity (Wildman–Crippen MR) is 77.6 cm³/mol. The molecule has 0 aliphatic carbocycles. The van der Waals surface area contributed by atoms with Crippen molar-refractivity contribution < 1.29 is 23.1 Å². The molecule has 2 rings (SSSR count). The highest BCUT2D eigenvalue weighted by atomic mass is 32.2. The Morgan fingerprint density at radius 3 is 2.90 bits per heavy atom. The Morgan fingerprint density at radius 1 is 1.48 bits per heavy atom. The van der Waals surface area contributed by atoms with E-state index in [1.54, 1.807) is 19.2 Å². The summed E-state index contributed by atoms with van der Waals surface area (Å²) >= 11 is 0. The van der Waals surface area contributed by atoms with Gasteiger partial charge in [0, 0.05) is 20.2 Å². The van der Waals surface area contributed by atoms with Gasteiger partial charge < -0.3 is 9.84 Å². The Balaban J connectivity index is 2.13. The number of sulfonamides is 1. The van der Waals surface area contributed by atoms with E-state index in [2.05, 4.69) is 0 Å². The predicted octanol–water partition coefficient (Wildman–Crippen LogP) is 1.33. The zero-order valence-electron chi connectivity index (χ0n) is 11.9. The zero-order chi connectivity index (χ0) is 15.5. The van der Waals surface area contributed by atoms with E-state index < -0.39 is 16.0 Å². The summed E-state index contributed by atoms with van der Waals surface area (Å²) < 4.78 is 31.5. The van der Waals surface area contributed by atoms with Crippen molar-refractivity contribution in [1.82, 2.24) is 4.31 Å². The summed E-state index contributed by atoms with van der Waals surface area (Å²) in [6, 6.07) is 6.03. The highest BCUT2D eigenvalue weighted by Crippen LogP contribution is 2.19. The van der Waals surface area contributed by atoms with Crippen LogP contribution in [0.15, 0.2) is 24.3 Å². The molecule has 6 nitrogen and oxygen atoms in total. The molecular weight excluding hydrogens is 294 g/mol. The molecule has 0 radical (unpaired) electrons. The third-order valence-electron chi connectivity index (χ3n) is 3.59. The average molecular weight is 313 g/mol. The fourth-order valence-electron chi connectivity index (χ4n) is 2.45. The van der Waals surface area contributed by atoms with E-state index in [4.69, 9.17) is 9.84 Å². The van der Waals surface area contributed by atoms with Crippen LogP contribution in [0, 0.1) is 0 Å². The zero-order valence-corrected chi connectivity index (χ0v) is 12.7. The fraction of sp³-hybridized carbons (Fsp3) is 0.500. The Morgan fingerprint density at radius 2 is 2.24 bits per heavy atom. The van der Waals surface area contributed by atoms with Crippen LogP contribution in [-0.4, -0.2) is 50.1 Å². The number of piperidine rings is 1. The topological polar surface area (TPSA) is 83.9 Å². The highest BCUT2D eigenvalue weighted by molar-refractivity contribution is 7.88. The number of hydrogen-bond acceptors (Lipinski definition) is 4. The van der Waals surface area contributed by atoms with Crippen molar-refractivity contribution in [2.45, 2.75) is 24.7 Å². The summed E-state index contributed by atoms with van der Waals surface area (Å²) in [5, 5.41) is 8.95. The third-order valence-corrected chi connectivity index (χ3v) is 5.41. The molecule has 1 saturated heterocycles. The maximum atomic E-state index is 12.4. The van der Waals surface area contributed by atoms with Crippen LogP contribution in [0.1, 0.15) is 28.8 Å². The molecule has 7 heteroatoms. The van der Waals surface area contributed by atoms with Gasteiger partial charge in [-0.2, -0.15) is 4.31 Å². The molecule has 0 saturated carbocycles. The normalized spacial score (nSPS) is 20.3. The van der Waals surface area contributed by atoms with Crippen LogP contribution in [0.5, 0.6) is 0 Å². The number of carboxylic acid groups (broad SMARTS) is 1. The molecule has 0 aromatic heterocycles. The van der Waals surface area contributed by atoms with Crippen LogP contribution in [-0.2, 0) is 20.5 Å². The van der Waals surface area contributed by atoms with E-state index in [1.165, 1.54) is 16.4 Å². The first-order valence-corrected chi connectivity index (χ1v) is 8.36. The van der Waals surface area contributed by atoms with Crippen molar-refractivity contribution in [1.29, 1.82) is 0 Å². The summed E-state index contributed by atoms with van der Waals surface area (Å²) in [6.45, 7) is 0.846. The van der Waals surface area contributed by atoms with E-state index in [0.29, 0.717) is 18.7 Å². The quantitative estimate of drug-likeness (QED) is 0.886. The lowest BCUT2D eigenvalue weighted by molar-refractivity contribution is 0.0571. The van der Waals surface area contributed by atoms with Crippen LogP contribution in [0.4, 0.5) is 0 Å². The van der Waals surface area contributed by atoms with Gasteiger partial charge in [-0.15, -0.1) is 0 Å². The first-order valence-electron chi connectivity index (χ1n) is 6.75. The minimum absolute atomic E-state index is 0.0705. The van der Waals surface area contributed by atoms with Gasteiger partial charge >= 0.3 is 5.97 Å². The first-order chi connectivity index (χ1) is 9.92. The third kappa shape index (κ3) is 4.03. The van der Waals surface area contributed by atoms with Gasteiger partial charge in [-0.3, -0.25) is 0 Å². The van der Waals surface area contributed by atoms with Gasteiger partial charge in [-0.05, 0) is 30.5 Å². The van der Waals surface area contributed by atoms with Crippen molar-refractivity contribution in [3.8, 4) is 0 Å². The van der Waals surface area contributed by atoms with Crippen LogP contribution >= 0.6 is 0 Å². The number of benzene rings is 1. The Bertz CT molecular complexity index is 614. The summed E-state index contributed by atoms with van der Waals surface area (Å²) in [7, 11) is -1.88. The molecule has 1 fully saturated rings. The molecule has 1 aromatic rings. The van der Waals surface area contributed by atoms with E-state index >= 15 is 0 Å². The molecule has 1 aromatic carbocycles. The second kappa shape index (κ2) is 6.55. The van der Waals surface area contributed by atoms with Crippen molar-refractivity contribution in [3.63, 3.8) is 0 Å². The maximum absolute atomic E-state index is 12.4. The average Bonchev–Trinajstić information content (AvgIpc) is 2.47. The Hall–Kier alpha value is -1.44. The van der Waals surface area contributed by atoms with E-state index in [0.717, 1.165) is 12.8 Å². The first kappa shape index (κ1) is 15.9. The Kier molecular flexibility index (Phi) is 4.97. The highest BCUT2D eigenvalue weighted by Gasteiger charge is 2.29. The summed E-state index contributed by atoms with van der Waals surface area (Å²) in [5.41, 5.74) is 0.575. The van der Waals surface area contributed by atoms with E-state index in [9.17, 15) is 13.2 Å². The smallest absolute Gasteiger partial charge is 0.335 e. The standard InChI is InChI=1S/C14H19NO5S/c1-20-13-6-3-7-15(9-13)21(18,19)10-11-4-2-5-12(8-11)14(16)17/h2,4-5,8,13H,3,6-7,9-10H2,1H3,(H,16,17). The molecule has 1 unspecified atom stereocenters. The van der Waals surface area contributed by atoms with Crippen LogP contribution < -0.4 is 0 Å². The molecule has 0 amide bonds. The maximum Gasteiger partial charge on any atom is 0.335 e. The summed E-state index contributed by atoms with van der Waals surface area (Å²) in [6.07, 6.45) is 1.56. The number of carbonyl (C=O) groups is 1. The lowest BCUT2D eigenvalue weighted by Crippen LogP contribution is -2.43. The molecular formula is C14H19NO5S. The lowest BCUT2D eigenvalue weighted by atomic mass is 10.1. The van der Waals surface area contributed by atoms with Crippen molar-refractivity contribution in [2.75, 3.05) is 20.2 Å². The summed E-state index contributed by atoms with van der Waals surface area (Å²) in [4.78, 5) is 10.9. The van der Waals surface area contributed by atoms with Crippen LogP contribution in [0.3, 0.4) is 0 Å². The van der Waals surface area contributed by atoms with E-state index in [1.807, 2.05) is 0 Å². The molecule has 1 aliphatic rings. The molecule has 116 valence electrons. The minimum Gasteiger partial charge on any atom is -0.478 e. The van der Waals surface area contributed by atoms with Gasteiger partial charge in [0.25, 0.3) is 0 Å². The number of ether oxygens (including phenoxy) is 1. The second-order valence-electron chi connectivity index (χ2n) is 5.12. The molecule has 1 atom stereocenters. The van der Waals surface area contributed by atoms with Crippen LogP contribution in [0.25, 0.3) is 0 Å². The monoisotopic (exact) mass is 313 g/mol. The van der Waals surface area contributed by atoms with Crippen LogP contribution in [0.2, 0.25) is 0 Å². The van der Waals surface area contributed by atoms with Gasteiger partial charge in [0.05, 0.1) is 17.4 Å². The number of rotatable bonds is 5. The summed E-state index contributed by atoms with van der Waals surface area (Å²) in [5.74, 6) is -1.25. The molecule has 1 heterocycles. The number of hydrogen-bond donors (Lipinski definition) is 1. The van der Waals surface area contributed by atoms with Gasteiger partial charge in [0.1, 0.15) is 0 Å². The van der Waals surface area contributed by atoms with Gasteiger partial charge in [0.2, 0.25) is 10.0 Å². The largest absolute Gasteiger partial charge is 0.478 e. The molecule has 1 aliphatic heterocycles. The number of carboxylic acids is 1. The van der Waals surface area contributed by atoms with E-state index in [-0.39, 0.29) is 17.4 Å². The SMILES string of the molecule is COC1CCCN(S(=O)(=O)Cc2cccc(C(=O)O)c2)C1. The molecule has 0 spiro atoms. The fourth-order valence-corrected chi connectivity index (χ4v) is 4.03.